The van der Waals surface area contributed by atoms with Gasteiger partial charge < -0.3 is 19.7 Å². The Labute approximate surface area is 212 Å². The number of amides is 1. The molecule has 1 fully saturated rings. The van der Waals surface area contributed by atoms with E-state index in [9.17, 15) is 13.2 Å². The van der Waals surface area contributed by atoms with Crippen LogP contribution in [0.25, 0.3) is 0 Å². The lowest BCUT2D eigenvalue weighted by atomic mass is 10.2. The molecule has 190 valence electrons. The second-order valence-corrected chi connectivity index (χ2v) is 10.4. The summed E-state index contributed by atoms with van der Waals surface area (Å²) in [6.45, 7) is 2.01. The topological polar surface area (TPSA) is 88.2 Å². The van der Waals surface area contributed by atoms with E-state index in [1.165, 1.54) is 44.9 Å². The van der Waals surface area contributed by atoms with E-state index >= 15 is 0 Å². The predicted molar refractivity (Wildman–Crippen MR) is 140 cm³/mol. The van der Waals surface area contributed by atoms with Crippen molar-refractivity contribution in [3.05, 3.63) is 78.4 Å². The maximum atomic E-state index is 13.6. The molecule has 1 aliphatic heterocycles. The number of ether oxygens (including phenoxy) is 2. The van der Waals surface area contributed by atoms with Gasteiger partial charge in [0.05, 0.1) is 24.8 Å². The summed E-state index contributed by atoms with van der Waals surface area (Å²) in [6, 6.07) is 20.9. The molecule has 0 bridgehead atoms. The summed E-state index contributed by atoms with van der Waals surface area (Å²) in [5, 5.41) is 2.85. The largest absolute Gasteiger partial charge is 0.497 e. The van der Waals surface area contributed by atoms with E-state index in [2.05, 4.69) is 22.3 Å². The zero-order valence-electron chi connectivity index (χ0n) is 20.5. The van der Waals surface area contributed by atoms with Gasteiger partial charge in [-0.25, -0.2) is 8.42 Å². The highest BCUT2D eigenvalue weighted by Gasteiger charge is 2.29. The van der Waals surface area contributed by atoms with Crippen molar-refractivity contribution in [1.82, 2.24) is 5.32 Å². The highest BCUT2D eigenvalue weighted by Crippen LogP contribution is 2.35. The van der Waals surface area contributed by atoms with Gasteiger partial charge in [-0.1, -0.05) is 30.3 Å². The third-order valence-corrected chi connectivity index (χ3v) is 7.95. The minimum Gasteiger partial charge on any atom is -0.497 e. The van der Waals surface area contributed by atoms with Gasteiger partial charge >= 0.3 is 0 Å². The lowest BCUT2D eigenvalue weighted by Crippen LogP contribution is -2.40. The van der Waals surface area contributed by atoms with Gasteiger partial charge in [0, 0.05) is 31.4 Å². The van der Waals surface area contributed by atoms with E-state index in [0.29, 0.717) is 5.75 Å². The summed E-state index contributed by atoms with van der Waals surface area (Å²) in [7, 11) is -1.10. The van der Waals surface area contributed by atoms with Gasteiger partial charge in [-0.05, 0) is 54.8 Å². The van der Waals surface area contributed by atoms with Crippen LogP contribution < -0.4 is 24.0 Å². The van der Waals surface area contributed by atoms with E-state index in [-0.39, 0.29) is 22.9 Å². The Balaban J connectivity index is 1.53. The first-order chi connectivity index (χ1) is 17.4. The van der Waals surface area contributed by atoms with Crippen LogP contribution >= 0.6 is 0 Å². The molecule has 8 nitrogen and oxygen atoms in total. The number of hydrogen-bond donors (Lipinski definition) is 1. The summed E-state index contributed by atoms with van der Waals surface area (Å²) in [5.41, 5.74) is 2.35. The molecule has 1 aliphatic rings. The summed E-state index contributed by atoms with van der Waals surface area (Å²) >= 11 is 0. The first kappa shape index (κ1) is 25.4. The smallest absolute Gasteiger partial charge is 0.264 e. The third-order valence-electron chi connectivity index (χ3n) is 6.17. The molecule has 0 unspecified atom stereocenters. The van der Waals surface area contributed by atoms with Crippen molar-refractivity contribution in [3.8, 4) is 11.5 Å². The molecule has 0 aromatic heterocycles. The molecule has 1 amide bonds. The second-order valence-electron chi connectivity index (χ2n) is 8.50. The normalized spacial score (nSPS) is 13.3. The Bertz CT molecular complexity index is 1270. The van der Waals surface area contributed by atoms with Crippen molar-refractivity contribution in [2.24, 2.45) is 0 Å². The van der Waals surface area contributed by atoms with Gasteiger partial charge in [0.2, 0.25) is 5.91 Å². The molecule has 1 heterocycles. The molecule has 0 aliphatic carbocycles. The van der Waals surface area contributed by atoms with Gasteiger partial charge in [0.25, 0.3) is 10.0 Å². The summed E-state index contributed by atoms with van der Waals surface area (Å²) in [6.07, 6.45) is 2.42. The molecule has 1 N–H and O–H groups in total. The number of hydrogen-bond acceptors (Lipinski definition) is 6. The van der Waals surface area contributed by atoms with E-state index in [1.54, 1.807) is 36.4 Å². The van der Waals surface area contributed by atoms with Gasteiger partial charge in [-0.3, -0.25) is 9.10 Å². The lowest BCUT2D eigenvalue weighted by Gasteiger charge is -2.26. The molecule has 0 saturated carbocycles. The molecule has 3 aromatic rings. The Morgan fingerprint density at radius 3 is 2.28 bits per heavy atom. The van der Waals surface area contributed by atoms with Crippen molar-refractivity contribution < 1.29 is 22.7 Å². The van der Waals surface area contributed by atoms with Crippen molar-refractivity contribution in [2.45, 2.75) is 24.3 Å². The molecule has 36 heavy (non-hydrogen) atoms. The van der Waals surface area contributed by atoms with Crippen LogP contribution in [0.15, 0.2) is 77.7 Å². The van der Waals surface area contributed by atoms with E-state index in [1.807, 2.05) is 12.1 Å². The Morgan fingerprint density at radius 2 is 1.64 bits per heavy atom. The van der Waals surface area contributed by atoms with Crippen LogP contribution in [0.4, 0.5) is 11.4 Å². The van der Waals surface area contributed by atoms with E-state index in [4.69, 9.17) is 9.47 Å². The van der Waals surface area contributed by atoms with Crippen LogP contribution in [0, 0.1) is 0 Å². The van der Waals surface area contributed by atoms with Crippen LogP contribution in [0.3, 0.4) is 0 Å². The second kappa shape index (κ2) is 11.3. The van der Waals surface area contributed by atoms with Gasteiger partial charge in [-0.2, -0.15) is 0 Å². The highest BCUT2D eigenvalue weighted by molar-refractivity contribution is 7.92. The summed E-state index contributed by atoms with van der Waals surface area (Å²) in [4.78, 5) is 15.4. The molecular formula is C27H31N3O5S. The molecule has 4 rings (SSSR count). The van der Waals surface area contributed by atoms with Crippen molar-refractivity contribution >= 4 is 27.3 Å². The highest BCUT2D eigenvalue weighted by atomic mass is 32.2. The molecule has 0 radical (unpaired) electrons. The van der Waals surface area contributed by atoms with E-state index < -0.39 is 22.5 Å². The standard InChI is InChI=1S/C27H31N3O5S/c1-34-23-14-15-25(26(18-23)35-2)30(36(32,33)24-8-4-3-5-9-24)20-27(31)28-19-21-10-12-22(13-11-21)29-16-6-7-17-29/h3-5,8-15,18H,6-7,16-17,19-20H2,1-2H3,(H,28,31). The van der Waals surface area contributed by atoms with Crippen molar-refractivity contribution in [1.29, 1.82) is 0 Å². The number of carbonyl (C=O) groups excluding carboxylic acids is 1. The Hall–Kier alpha value is -3.72. The number of rotatable bonds is 10. The number of sulfonamides is 1. The average Bonchev–Trinajstić information content (AvgIpc) is 3.46. The summed E-state index contributed by atoms with van der Waals surface area (Å²) in [5.74, 6) is 0.352. The zero-order valence-corrected chi connectivity index (χ0v) is 21.3. The van der Waals surface area contributed by atoms with Gasteiger partial charge in [0.1, 0.15) is 18.0 Å². The van der Waals surface area contributed by atoms with Crippen molar-refractivity contribution in [2.75, 3.05) is 43.1 Å². The predicted octanol–water partition coefficient (Wildman–Crippen LogP) is 3.82. The molecule has 1 saturated heterocycles. The first-order valence-electron chi connectivity index (χ1n) is 11.8. The maximum absolute atomic E-state index is 13.6. The minimum atomic E-state index is -4.05. The van der Waals surface area contributed by atoms with Crippen LogP contribution in [0.1, 0.15) is 18.4 Å². The Morgan fingerprint density at radius 1 is 0.944 bits per heavy atom. The number of anilines is 2. The van der Waals surface area contributed by atoms with Gasteiger partial charge in [0.15, 0.2) is 0 Å². The quantitative estimate of drug-likeness (QED) is 0.447. The fourth-order valence-corrected chi connectivity index (χ4v) is 5.65. The van der Waals surface area contributed by atoms with Crippen molar-refractivity contribution in [3.63, 3.8) is 0 Å². The van der Waals surface area contributed by atoms with Crippen LogP contribution in [0.2, 0.25) is 0 Å². The average molecular weight is 510 g/mol. The number of carbonyl (C=O) groups is 1. The molecule has 0 spiro atoms. The molecular weight excluding hydrogens is 478 g/mol. The molecule has 0 atom stereocenters. The number of methoxy groups -OCH3 is 2. The van der Waals surface area contributed by atoms with Gasteiger partial charge in [-0.15, -0.1) is 0 Å². The Kier molecular flexibility index (Phi) is 8.00. The number of nitrogens with zero attached hydrogens (tertiary/aromatic N) is 2. The zero-order chi connectivity index (χ0) is 25.5. The fraction of sp³-hybridized carbons (Fsp3) is 0.296. The first-order valence-corrected chi connectivity index (χ1v) is 13.3. The molecule has 3 aromatic carbocycles. The number of benzene rings is 3. The van der Waals surface area contributed by atoms with Crippen LogP contribution in [0.5, 0.6) is 11.5 Å². The summed E-state index contributed by atoms with van der Waals surface area (Å²) < 4.78 is 38.9. The minimum absolute atomic E-state index is 0.0770. The van der Waals surface area contributed by atoms with Crippen LogP contribution in [-0.4, -0.2) is 48.2 Å². The number of nitrogens with one attached hydrogen (secondary N) is 1. The molecule has 9 heteroatoms. The SMILES string of the molecule is COc1ccc(N(CC(=O)NCc2ccc(N3CCCC3)cc2)S(=O)(=O)c2ccccc2)c(OC)c1. The van der Waals surface area contributed by atoms with Crippen LogP contribution in [-0.2, 0) is 21.4 Å². The monoisotopic (exact) mass is 509 g/mol. The third kappa shape index (κ3) is 5.73. The lowest BCUT2D eigenvalue weighted by molar-refractivity contribution is -0.119. The fourth-order valence-electron chi connectivity index (χ4n) is 4.20. The maximum Gasteiger partial charge on any atom is 0.264 e. The van der Waals surface area contributed by atoms with E-state index in [0.717, 1.165) is 23.0 Å².